The van der Waals surface area contributed by atoms with Crippen molar-refractivity contribution in [1.82, 2.24) is 15.3 Å². The van der Waals surface area contributed by atoms with Gasteiger partial charge in [0.2, 0.25) is 11.9 Å². The van der Waals surface area contributed by atoms with Crippen LogP contribution in [0.1, 0.15) is 50.8 Å². The number of nitrogens with one attached hydrogen (secondary N) is 2. The van der Waals surface area contributed by atoms with Gasteiger partial charge in [0.05, 0.1) is 5.54 Å². The maximum absolute atomic E-state index is 12.9. The molecule has 1 amide bonds. The van der Waals surface area contributed by atoms with Gasteiger partial charge in [-0.15, -0.1) is 0 Å². The number of carbonyl (C=O) groups is 1. The molecule has 0 bridgehead atoms. The maximum Gasteiger partial charge on any atom is 0.225 e. The number of rotatable bonds is 6. The van der Waals surface area contributed by atoms with E-state index in [1.54, 1.807) is 0 Å². The molecule has 162 valence electrons. The average Bonchev–Trinajstić information content (AvgIpc) is 2.68. The number of nitrogens with zero attached hydrogens (tertiary/aromatic N) is 3. The van der Waals surface area contributed by atoms with Crippen molar-refractivity contribution in [3.05, 3.63) is 46.6 Å². The van der Waals surface area contributed by atoms with Crippen molar-refractivity contribution in [3.8, 4) is 0 Å². The van der Waals surface area contributed by atoms with Crippen LogP contribution < -0.4 is 15.5 Å². The molecule has 0 saturated heterocycles. The van der Waals surface area contributed by atoms with Crippen LogP contribution in [0, 0.1) is 12.8 Å². The monoisotopic (exact) mass is 429 g/mol. The van der Waals surface area contributed by atoms with Crippen molar-refractivity contribution >= 4 is 29.3 Å². The van der Waals surface area contributed by atoms with E-state index in [1.165, 1.54) is 0 Å². The van der Waals surface area contributed by atoms with E-state index in [1.807, 2.05) is 70.1 Å². The van der Waals surface area contributed by atoms with Crippen LogP contribution in [0.5, 0.6) is 0 Å². The number of hydrogen-bond donors (Lipinski definition) is 2. The van der Waals surface area contributed by atoms with E-state index >= 15 is 0 Å². The molecule has 1 aliphatic carbocycles. The van der Waals surface area contributed by atoms with E-state index in [0.29, 0.717) is 11.0 Å². The quantitative estimate of drug-likeness (QED) is 0.706. The predicted molar refractivity (Wildman–Crippen MR) is 123 cm³/mol. The highest BCUT2D eigenvalue weighted by atomic mass is 35.5. The summed E-state index contributed by atoms with van der Waals surface area (Å²) in [5.74, 6) is 1.71. The number of benzene rings is 1. The van der Waals surface area contributed by atoms with Gasteiger partial charge in [-0.2, -0.15) is 4.98 Å². The summed E-state index contributed by atoms with van der Waals surface area (Å²) in [6, 6.07) is 9.90. The summed E-state index contributed by atoms with van der Waals surface area (Å²) in [5, 5.41) is 7.38. The zero-order chi connectivity index (χ0) is 21.9. The molecule has 1 heterocycles. The van der Waals surface area contributed by atoms with Gasteiger partial charge >= 0.3 is 0 Å². The van der Waals surface area contributed by atoms with Gasteiger partial charge in [0.1, 0.15) is 5.82 Å². The fourth-order valence-corrected chi connectivity index (χ4v) is 4.00. The lowest BCUT2D eigenvalue weighted by atomic mass is 9.84. The van der Waals surface area contributed by atoms with Crippen molar-refractivity contribution in [3.63, 3.8) is 0 Å². The summed E-state index contributed by atoms with van der Waals surface area (Å²) in [7, 11) is 3.95. The molecule has 0 unspecified atom stereocenters. The Labute approximate surface area is 184 Å². The molecule has 1 aromatic carbocycles. The first kappa shape index (κ1) is 22.3. The molecule has 30 heavy (non-hydrogen) atoms. The lowest BCUT2D eigenvalue weighted by Gasteiger charge is -2.33. The van der Waals surface area contributed by atoms with E-state index in [0.717, 1.165) is 42.8 Å². The number of aryl methyl sites for hydroxylation is 1. The average molecular weight is 430 g/mol. The number of aromatic nitrogens is 2. The van der Waals surface area contributed by atoms with Gasteiger partial charge in [-0.3, -0.25) is 4.79 Å². The third-order valence-corrected chi connectivity index (χ3v) is 5.98. The van der Waals surface area contributed by atoms with E-state index in [4.69, 9.17) is 11.6 Å². The third kappa shape index (κ3) is 5.63. The Hall–Kier alpha value is -2.34. The minimum atomic E-state index is -0.436. The molecule has 0 atom stereocenters. The lowest BCUT2D eigenvalue weighted by Crippen LogP contribution is -2.45. The van der Waals surface area contributed by atoms with Crippen LogP contribution in [0.4, 0.5) is 11.8 Å². The van der Waals surface area contributed by atoms with Crippen LogP contribution in [0.2, 0.25) is 5.02 Å². The molecule has 2 aromatic rings. The summed E-state index contributed by atoms with van der Waals surface area (Å²) in [6.45, 7) is 6.03. The summed E-state index contributed by atoms with van der Waals surface area (Å²) in [6.07, 6.45) is 3.56. The van der Waals surface area contributed by atoms with Crippen molar-refractivity contribution in [2.75, 3.05) is 24.3 Å². The highest BCUT2D eigenvalue weighted by molar-refractivity contribution is 6.30. The number of amides is 1. The van der Waals surface area contributed by atoms with Crippen LogP contribution in [0.15, 0.2) is 30.3 Å². The molecule has 0 radical (unpaired) electrons. The maximum atomic E-state index is 12.9. The predicted octanol–water partition coefficient (Wildman–Crippen LogP) is 4.53. The van der Waals surface area contributed by atoms with Crippen LogP contribution in [-0.4, -0.2) is 36.0 Å². The van der Waals surface area contributed by atoms with Gasteiger partial charge in [0, 0.05) is 42.8 Å². The number of carbonyl (C=O) groups excluding carboxylic acids is 1. The SMILES string of the molecule is Cc1cc(N(C)C)nc(NC2CCC(C(=O)NC(C)(C)c3ccc(Cl)cc3)CC2)n1. The normalized spacial score (nSPS) is 19.3. The Kier molecular flexibility index (Phi) is 6.86. The molecular weight excluding hydrogens is 398 g/mol. The molecule has 1 aliphatic rings. The number of anilines is 2. The fraction of sp³-hybridized carbons (Fsp3) is 0.522. The first-order valence-corrected chi connectivity index (χ1v) is 10.9. The van der Waals surface area contributed by atoms with Gasteiger partial charge in [0.25, 0.3) is 0 Å². The largest absolute Gasteiger partial charge is 0.363 e. The van der Waals surface area contributed by atoms with Gasteiger partial charge < -0.3 is 15.5 Å². The van der Waals surface area contributed by atoms with Gasteiger partial charge in [-0.1, -0.05) is 23.7 Å². The van der Waals surface area contributed by atoms with Crippen LogP contribution >= 0.6 is 11.6 Å². The molecule has 2 N–H and O–H groups in total. The minimum Gasteiger partial charge on any atom is -0.363 e. The second kappa shape index (κ2) is 9.21. The van der Waals surface area contributed by atoms with Crippen molar-refractivity contribution < 1.29 is 4.79 Å². The number of hydrogen-bond acceptors (Lipinski definition) is 5. The van der Waals surface area contributed by atoms with Gasteiger partial charge in [-0.25, -0.2) is 4.98 Å². The van der Waals surface area contributed by atoms with E-state index < -0.39 is 5.54 Å². The Morgan fingerprint density at radius 1 is 1.10 bits per heavy atom. The molecule has 0 spiro atoms. The van der Waals surface area contributed by atoms with Gasteiger partial charge in [0.15, 0.2) is 0 Å². The summed E-state index contributed by atoms with van der Waals surface area (Å²) in [4.78, 5) is 24.0. The molecule has 1 aromatic heterocycles. The van der Waals surface area contributed by atoms with Crippen LogP contribution in [0.25, 0.3) is 0 Å². The first-order valence-electron chi connectivity index (χ1n) is 10.5. The first-order chi connectivity index (χ1) is 14.1. The second-order valence-electron chi connectivity index (χ2n) is 8.90. The highest BCUT2D eigenvalue weighted by Gasteiger charge is 2.31. The Balaban J connectivity index is 1.55. The molecule has 1 saturated carbocycles. The zero-order valence-electron chi connectivity index (χ0n) is 18.5. The fourth-order valence-electron chi connectivity index (χ4n) is 3.88. The molecule has 3 rings (SSSR count). The zero-order valence-corrected chi connectivity index (χ0v) is 19.3. The lowest BCUT2D eigenvalue weighted by molar-refractivity contribution is -0.127. The van der Waals surface area contributed by atoms with Gasteiger partial charge in [-0.05, 0) is 64.2 Å². The standard InChI is InChI=1S/C23H32ClN5O/c1-15-14-20(29(4)5)27-22(25-15)26-19-12-6-16(7-13-19)21(30)28-23(2,3)17-8-10-18(24)11-9-17/h8-11,14,16,19H,6-7,12-13H2,1-5H3,(H,28,30)(H,25,26,27). The smallest absolute Gasteiger partial charge is 0.225 e. The highest BCUT2D eigenvalue weighted by Crippen LogP contribution is 2.29. The molecule has 7 heteroatoms. The summed E-state index contributed by atoms with van der Waals surface area (Å²) in [5.41, 5.74) is 1.55. The summed E-state index contributed by atoms with van der Waals surface area (Å²) >= 11 is 5.99. The molecule has 0 aliphatic heterocycles. The minimum absolute atomic E-state index is 0.0328. The third-order valence-electron chi connectivity index (χ3n) is 5.73. The van der Waals surface area contributed by atoms with Crippen molar-refractivity contribution in [2.45, 2.75) is 58.0 Å². The molecular formula is C23H32ClN5O. The van der Waals surface area contributed by atoms with E-state index in [9.17, 15) is 4.79 Å². The number of halogens is 1. The Morgan fingerprint density at radius 3 is 2.33 bits per heavy atom. The topological polar surface area (TPSA) is 70.2 Å². The molecule has 6 nitrogen and oxygen atoms in total. The second-order valence-corrected chi connectivity index (χ2v) is 9.34. The van der Waals surface area contributed by atoms with Crippen molar-refractivity contribution in [1.29, 1.82) is 0 Å². The summed E-state index contributed by atoms with van der Waals surface area (Å²) < 4.78 is 0. The van der Waals surface area contributed by atoms with Crippen LogP contribution in [-0.2, 0) is 10.3 Å². The van der Waals surface area contributed by atoms with Crippen molar-refractivity contribution in [2.24, 2.45) is 5.92 Å². The van der Waals surface area contributed by atoms with E-state index in [2.05, 4.69) is 20.6 Å². The molecule has 1 fully saturated rings. The van der Waals surface area contributed by atoms with Crippen LogP contribution in [0.3, 0.4) is 0 Å². The van der Waals surface area contributed by atoms with E-state index in [-0.39, 0.29) is 17.9 Å². The Bertz CT molecular complexity index is 874. The Morgan fingerprint density at radius 2 is 1.73 bits per heavy atom.